The third-order valence-corrected chi connectivity index (χ3v) is 9.65. The monoisotopic (exact) mass is 445 g/mol. The summed E-state index contributed by atoms with van der Waals surface area (Å²) in [5, 5.41) is 2.64. The van der Waals surface area contributed by atoms with Gasteiger partial charge in [0, 0.05) is 45.5 Å². The van der Waals surface area contributed by atoms with E-state index in [4.69, 9.17) is 0 Å². The van der Waals surface area contributed by atoms with Crippen LogP contribution in [0.2, 0.25) is 0 Å². The van der Waals surface area contributed by atoms with Gasteiger partial charge in [0.05, 0.1) is 0 Å². The molecule has 0 fully saturated rings. The smallest absolute Gasteiger partial charge is 0.173 e. The Kier molecular flexibility index (Phi) is 4.71. The van der Waals surface area contributed by atoms with Crippen molar-refractivity contribution in [3.63, 3.8) is 0 Å². The van der Waals surface area contributed by atoms with E-state index in [1.165, 1.54) is 22.5 Å². The SMILES string of the molecule is Cc1cccc(-c2c(P(=O)(c3ccccc3)c3ccccc3)cn3c2Cc2ccccc2-3)c1. The highest BCUT2D eigenvalue weighted by Gasteiger charge is 2.37. The zero-order valence-corrected chi connectivity index (χ0v) is 19.4. The molecule has 0 N–H and O–H groups in total. The van der Waals surface area contributed by atoms with Crippen LogP contribution < -0.4 is 15.9 Å². The maximum absolute atomic E-state index is 15.3. The van der Waals surface area contributed by atoms with Crippen molar-refractivity contribution in [1.82, 2.24) is 4.57 Å². The van der Waals surface area contributed by atoms with Crippen LogP contribution in [0.15, 0.2) is 115 Å². The largest absolute Gasteiger partial charge is 0.319 e. The van der Waals surface area contributed by atoms with Crippen molar-refractivity contribution in [2.24, 2.45) is 0 Å². The summed E-state index contributed by atoms with van der Waals surface area (Å²) >= 11 is 0. The molecule has 6 rings (SSSR count). The van der Waals surface area contributed by atoms with Gasteiger partial charge in [0.1, 0.15) is 0 Å². The minimum atomic E-state index is -3.11. The van der Waals surface area contributed by atoms with E-state index in [-0.39, 0.29) is 0 Å². The molecule has 0 bridgehead atoms. The highest BCUT2D eigenvalue weighted by molar-refractivity contribution is 7.85. The second-order valence-electron chi connectivity index (χ2n) is 8.66. The zero-order chi connectivity index (χ0) is 22.4. The molecule has 33 heavy (non-hydrogen) atoms. The number of aromatic nitrogens is 1. The van der Waals surface area contributed by atoms with E-state index in [2.05, 4.69) is 66.2 Å². The van der Waals surface area contributed by atoms with Gasteiger partial charge >= 0.3 is 0 Å². The number of nitrogens with zero attached hydrogens (tertiary/aromatic N) is 1. The molecule has 1 aliphatic rings. The minimum Gasteiger partial charge on any atom is -0.319 e. The van der Waals surface area contributed by atoms with Gasteiger partial charge in [-0.2, -0.15) is 0 Å². The number of aryl methyl sites for hydroxylation is 1. The Morgan fingerprint density at radius 1 is 0.727 bits per heavy atom. The molecule has 3 heteroatoms. The van der Waals surface area contributed by atoms with Crippen molar-refractivity contribution >= 4 is 23.1 Å². The van der Waals surface area contributed by atoms with Crippen LogP contribution in [0.4, 0.5) is 0 Å². The Labute approximate surface area is 194 Å². The lowest BCUT2D eigenvalue weighted by molar-refractivity contribution is 0.592. The summed E-state index contributed by atoms with van der Waals surface area (Å²) in [5.74, 6) is 0. The van der Waals surface area contributed by atoms with Crippen molar-refractivity contribution in [2.75, 3.05) is 0 Å². The second kappa shape index (κ2) is 7.76. The first-order chi connectivity index (χ1) is 16.2. The molecule has 2 nitrogen and oxygen atoms in total. The molecule has 5 aromatic rings. The summed E-state index contributed by atoms with van der Waals surface area (Å²) < 4.78 is 17.6. The lowest BCUT2D eigenvalue weighted by atomic mass is 10.0. The molecular formula is C30H24NOP. The molecule has 160 valence electrons. The van der Waals surface area contributed by atoms with Crippen LogP contribution in [0.1, 0.15) is 16.8 Å². The summed E-state index contributed by atoms with van der Waals surface area (Å²) in [6.07, 6.45) is 2.97. The molecule has 1 aromatic heterocycles. The summed E-state index contributed by atoms with van der Waals surface area (Å²) in [6.45, 7) is 2.11. The van der Waals surface area contributed by atoms with Crippen molar-refractivity contribution in [1.29, 1.82) is 0 Å². The van der Waals surface area contributed by atoms with E-state index in [0.29, 0.717) is 0 Å². The quantitative estimate of drug-likeness (QED) is 0.305. The molecule has 0 spiro atoms. The fourth-order valence-electron chi connectivity index (χ4n) is 5.05. The number of fused-ring (bicyclic) bond motifs is 3. The van der Waals surface area contributed by atoms with Gasteiger partial charge in [0.25, 0.3) is 0 Å². The van der Waals surface area contributed by atoms with Crippen LogP contribution in [0, 0.1) is 6.92 Å². The van der Waals surface area contributed by atoms with Crippen LogP contribution in [0.5, 0.6) is 0 Å². The van der Waals surface area contributed by atoms with Crippen LogP contribution in [0.3, 0.4) is 0 Å². The Hall–Kier alpha value is -3.61. The molecule has 0 aliphatic carbocycles. The summed E-state index contributed by atoms with van der Waals surface area (Å²) in [6, 6.07) is 37.0. The highest BCUT2D eigenvalue weighted by Crippen LogP contribution is 2.48. The van der Waals surface area contributed by atoms with Crippen LogP contribution in [0.25, 0.3) is 16.8 Å². The van der Waals surface area contributed by atoms with Gasteiger partial charge in [-0.15, -0.1) is 0 Å². The van der Waals surface area contributed by atoms with Gasteiger partial charge < -0.3 is 9.13 Å². The summed E-state index contributed by atoms with van der Waals surface area (Å²) in [5.41, 5.74) is 7.12. The highest BCUT2D eigenvalue weighted by atomic mass is 31.2. The van der Waals surface area contributed by atoms with Gasteiger partial charge in [0.2, 0.25) is 0 Å². The average molecular weight is 446 g/mol. The second-order valence-corrected chi connectivity index (χ2v) is 11.4. The lowest BCUT2D eigenvalue weighted by Crippen LogP contribution is -2.25. The molecule has 0 radical (unpaired) electrons. The first-order valence-corrected chi connectivity index (χ1v) is 13.0. The van der Waals surface area contributed by atoms with Crippen LogP contribution >= 0.6 is 7.14 Å². The number of hydrogen-bond donors (Lipinski definition) is 0. The average Bonchev–Trinajstić information content (AvgIpc) is 3.41. The number of para-hydroxylation sites is 1. The van der Waals surface area contributed by atoms with Crippen molar-refractivity contribution in [3.05, 3.63) is 132 Å². The van der Waals surface area contributed by atoms with Gasteiger partial charge in [-0.05, 0) is 24.1 Å². The van der Waals surface area contributed by atoms with Crippen molar-refractivity contribution in [3.8, 4) is 16.8 Å². The van der Waals surface area contributed by atoms with E-state index in [9.17, 15) is 0 Å². The van der Waals surface area contributed by atoms with Gasteiger partial charge in [0.15, 0.2) is 7.14 Å². The fourth-order valence-corrected chi connectivity index (χ4v) is 7.94. The van der Waals surface area contributed by atoms with Crippen LogP contribution in [-0.2, 0) is 11.0 Å². The third-order valence-electron chi connectivity index (χ3n) is 6.58. The Bertz CT molecular complexity index is 1470. The first kappa shape index (κ1) is 20.0. The number of benzene rings is 4. The van der Waals surface area contributed by atoms with E-state index >= 15 is 4.57 Å². The van der Waals surface area contributed by atoms with Crippen molar-refractivity contribution in [2.45, 2.75) is 13.3 Å². The predicted octanol–water partition coefficient (Wildman–Crippen LogP) is 6.00. The van der Waals surface area contributed by atoms with E-state index in [1.54, 1.807) is 0 Å². The van der Waals surface area contributed by atoms with Gasteiger partial charge in [-0.25, -0.2) is 0 Å². The zero-order valence-electron chi connectivity index (χ0n) is 18.5. The topological polar surface area (TPSA) is 22.0 Å². The summed E-state index contributed by atoms with van der Waals surface area (Å²) in [7, 11) is -3.11. The molecule has 0 saturated carbocycles. The predicted molar refractivity (Wildman–Crippen MR) is 138 cm³/mol. The first-order valence-electron chi connectivity index (χ1n) is 11.3. The standard InChI is InChI=1S/C30H24NOP/c1-22-11-10-13-24(19-22)30-28-20-23-12-8-9-18-27(23)31(28)21-29(30)33(32,25-14-4-2-5-15-25)26-16-6-3-7-17-26/h2-19,21H,20H2,1H3. The third kappa shape index (κ3) is 3.14. The molecule has 4 aromatic carbocycles. The molecule has 0 atom stereocenters. The Balaban J connectivity index is 1.71. The maximum atomic E-state index is 15.3. The Morgan fingerprint density at radius 2 is 1.36 bits per heavy atom. The Morgan fingerprint density at radius 3 is 2.03 bits per heavy atom. The van der Waals surface area contributed by atoms with E-state index in [0.717, 1.165) is 33.5 Å². The number of rotatable bonds is 4. The molecule has 2 heterocycles. The van der Waals surface area contributed by atoms with E-state index < -0.39 is 7.14 Å². The lowest BCUT2D eigenvalue weighted by Gasteiger charge is -2.21. The maximum Gasteiger partial charge on any atom is 0.173 e. The van der Waals surface area contributed by atoms with E-state index in [1.807, 2.05) is 60.7 Å². The number of hydrogen-bond acceptors (Lipinski definition) is 1. The molecular weight excluding hydrogens is 421 g/mol. The fraction of sp³-hybridized carbons (Fsp3) is 0.0667. The summed E-state index contributed by atoms with van der Waals surface area (Å²) in [4.78, 5) is 0. The normalized spacial score (nSPS) is 12.4. The molecule has 0 saturated heterocycles. The van der Waals surface area contributed by atoms with Crippen LogP contribution in [-0.4, -0.2) is 4.57 Å². The molecule has 1 aliphatic heterocycles. The van der Waals surface area contributed by atoms with Crippen molar-refractivity contribution < 1.29 is 4.57 Å². The van der Waals surface area contributed by atoms with Gasteiger partial charge in [-0.1, -0.05) is 109 Å². The molecule has 0 unspecified atom stereocenters. The molecule has 0 amide bonds. The minimum absolute atomic E-state index is 0.836. The van der Waals surface area contributed by atoms with Gasteiger partial charge in [-0.3, -0.25) is 0 Å².